The van der Waals surface area contributed by atoms with Crippen LogP contribution in [0.15, 0.2) is 0 Å². The highest BCUT2D eigenvalue weighted by atomic mass is 16.6. The van der Waals surface area contributed by atoms with Gasteiger partial charge in [0.25, 0.3) is 0 Å². The zero-order valence-electron chi connectivity index (χ0n) is 14.9. The third-order valence-corrected chi connectivity index (χ3v) is 4.57. The monoisotopic (exact) mass is 325 g/mol. The molecule has 132 valence electrons. The van der Waals surface area contributed by atoms with Crippen molar-refractivity contribution >= 4 is 12.0 Å². The molecule has 1 heterocycles. The molecule has 1 atom stereocenters. The quantitative estimate of drug-likeness (QED) is 0.862. The molecular weight excluding hydrogens is 294 g/mol. The van der Waals surface area contributed by atoms with Gasteiger partial charge in [0.05, 0.1) is 0 Å². The van der Waals surface area contributed by atoms with Crippen molar-refractivity contribution < 1.29 is 14.3 Å². The van der Waals surface area contributed by atoms with E-state index in [2.05, 4.69) is 10.2 Å². The molecule has 2 rings (SSSR count). The zero-order chi connectivity index (χ0) is 17.0. The summed E-state index contributed by atoms with van der Waals surface area (Å²) in [5.74, 6) is -0.0260. The SMILES string of the molecule is C[C@@H](NC(=O)OC(C)(C)C)C(=O)N1CCN(C2CCCC2)CC1. The molecule has 2 fully saturated rings. The lowest BCUT2D eigenvalue weighted by Crippen LogP contribution is -2.55. The van der Waals surface area contributed by atoms with Crippen LogP contribution in [0.5, 0.6) is 0 Å². The summed E-state index contributed by atoms with van der Waals surface area (Å²) in [6, 6.07) is 0.160. The van der Waals surface area contributed by atoms with Gasteiger partial charge in [-0.2, -0.15) is 0 Å². The van der Waals surface area contributed by atoms with Gasteiger partial charge in [0.15, 0.2) is 0 Å². The van der Waals surface area contributed by atoms with E-state index in [0.29, 0.717) is 6.04 Å². The van der Waals surface area contributed by atoms with Gasteiger partial charge in [-0.15, -0.1) is 0 Å². The van der Waals surface area contributed by atoms with Crippen LogP contribution in [-0.2, 0) is 9.53 Å². The van der Waals surface area contributed by atoms with E-state index in [0.717, 1.165) is 26.2 Å². The molecule has 23 heavy (non-hydrogen) atoms. The third-order valence-electron chi connectivity index (χ3n) is 4.57. The highest BCUT2D eigenvalue weighted by Gasteiger charge is 2.30. The minimum absolute atomic E-state index is 0.0260. The van der Waals surface area contributed by atoms with Gasteiger partial charge in [-0.1, -0.05) is 12.8 Å². The zero-order valence-corrected chi connectivity index (χ0v) is 14.9. The van der Waals surface area contributed by atoms with E-state index in [1.807, 2.05) is 4.90 Å². The highest BCUT2D eigenvalue weighted by molar-refractivity contribution is 5.85. The molecule has 1 saturated heterocycles. The summed E-state index contributed by atoms with van der Waals surface area (Å²) in [5.41, 5.74) is -0.556. The molecular formula is C17H31N3O3. The molecule has 0 bridgehead atoms. The normalized spacial score (nSPS) is 22.0. The highest BCUT2D eigenvalue weighted by Crippen LogP contribution is 2.24. The average Bonchev–Trinajstić information content (AvgIpc) is 2.98. The van der Waals surface area contributed by atoms with Crippen molar-refractivity contribution in [2.75, 3.05) is 26.2 Å². The molecule has 1 aliphatic carbocycles. The van der Waals surface area contributed by atoms with Crippen LogP contribution in [0.4, 0.5) is 4.79 Å². The maximum absolute atomic E-state index is 12.5. The molecule has 0 aromatic carbocycles. The lowest BCUT2D eigenvalue weighted by atomic mass is 10.1. The lowest BCUT2D eigenvalue weighted by Gasteiger charge is -2.39. The van der Waals surface area contributed by atoms with E-state index in [9.17, 15) is 9.59 Å². The van der Waals surface area contributed by atoms with Gasteiger partial charge in [0.2, 0.25) is 5.91 Å². The molecule has 2 amide bonds. The minimum atomic E-state index is -0.556. The van der Waals surface area contributed by atoms with Gasteiger partial charge in [-0.05, 0) is 40.5 Å². The van der Waals surface area contributed by atoms with Crippen molar-refractivity contribution in [1.82, 2.24) is 15.1 Å². The summed E-state index contributed by atoms with van der Waals surface area (Å²) in [6.45, 7) is 10.5. The van der Waals surface area contributed by atoms with Crippen molar-refractivity contribution in [2.24, 2.45) is 0 Å². The Bertz CT molecular complexity index is 419. The Balaban J connectivity index is 1.76. The first-order chi connectivity index (χ1) is 10.8. The van der Waals surface area contributed by atoms with Gasteiger partial charge in [-0.3, -0.25) is 9.69 Å². The number of piperazine rings is 1. The smallest absolute Gasteiger partial charge is 0.408 e. The number of nitrogens with zero attached hydrogens (tertiary/aromatic N) is 2. The number of carbonyl (C=O) groups is 2. The van der Waals surface area contributed by atoms with Crippen LogP contribution in [0, 0.1) is 0 Å². The van der Waals surface area contributed by atoms with Crippen LogP contribution < -0.4 is 5.32 Å². The Morgan fingerprint density at radius 1 is 1.09 bits per heavy atom. The second-order valence-electron chi connectivity index (χ2n) is 7.67. The van der Waals surface area contributed by atoms with Crippen molar-refractivity contribution in [3.05, 3.63) is 0 Å². The number of hydrogen-bond acceptors (Lipinski definition) is 4. The van der Waals surface area contributed by atoms with E-state index in [1.54, 1.807) is 27.7 Å². The second-order valence-corrected chi connectivity index (χ2v) is 7.67. The summed E-state index contributed by atoms with van der Waals surface area (Å²) in [5, 5.41) is 2.63. The summed E-state index contributed by atoms with van der Waals surface area (Å²) >= 11 is 0. The summed E-state index contributed by atoms with van der Waals surface area (Å²) in [7, 11) is 0. The van der Waals surface area contributed by atoms with E-state index >= 15 is 0 Å². The van der Waals surface area contributed by atoms with E-state index in [4.69, 9.17) is 4.74 Å². The van der Waals surface area contributed by atoms with Crippen molar-refractivity contribution in [1.29, 1.82) is 0 Å². The van der Waals surface area contributed by atoms with Crippen LogP contribution in [0.25, 0.3) is 0 Å². The Morgan fingerprint density at radius 3 is 2.17 bits per heavy atom. The van der Waals surface area contributed by atoms with Crippen LogP contribution in [0.1, 0.15) is 53.4 Å². The largest absolute Gasteiger partial charge is 0.444 e. The van der Waals surface area contributed by atoms with Crippen LogP contribution >= 0.6 is 0 Å². The minimum Gasteiger partial charge on any atom is -0.444 e. The van der Waals surface area contributed by atoms with E-state index < -0.39 is 17.7 Å². The summed E-state index contributed by atoms with van der Waals surface area (Å²) in [4.78, 5) is 28.6. The van der Waals surface area contributed by atoms with E-state index in [-0.39, 0.29) is 5.91 Å². The molecule has 0 radical (unpaired) electrons. The fourth-order valence-electron chi connectivity index (χ4n) is 3.40. The number of ether oxygens (including phenoxy) is 1. The predicted molar refractivity (Wildman–Crippen MR) is 89.2 cm³/mol. The molecule has 1 N–H and O–H groups in total. The third kappa shape index (κ3) is 5.37. The second kappa shape index (κ2) is 7.51. The maximum atomic E-state index is 12.5. The molecule has 0 aromatic heterocycles. The molecule has 0 aromatic rings. The Morgan fingerprint density at radius 2 is 1.65 bits per heavy atom. The van der Waals surface area contributed by atoms with Gasteiger partial charge in [0.1, 0.15) is 11.6 Å². The lowest BCUT2D eigenvalue weighted by molar-refractivity contribution is -0.135. The van der Waals surface area contributed by atoms with E-state index in [1.165, 1.54) is 25.7 Å². The maximum Gasteiger partial charge on any atom is 0.408 e. The van der Waals surface area contributed by atoms with Gasteiger partial charge in [-0.25, -0.2) is 4.79 Å². The first kappa shape index (κ1) is 18.0. The molecule has 0 spiro atoms. The molecule has 1 saturated carbocycles. The molecule has 1 aliphatic heterocycles. The Hall–Kier alpha value is -1.30. The van der Waals surface area contributed by atoms with Gasteiger partial charge in [0, 0.05) is 32.2 Å². The fourth-order valence-corrected chi connectivity index (χ4v) is 3.40. The average molecular weight is 325 g/mol. The van der Waals surface area contributed by atoms with Crippen molar-refractivity contribution in [2.45, 2.75) is 71.1 Å². The fraction of sp³-hybridized carbons (Fsp3) is 0.882. The predicted octanol–water partition coefficient (Wildman–Crippen LogP) is 1.99. The van der Waals surface area contributed by atoms with Crippen LogP contribution in [0.2, 0.25) is 0 Å². The standard InChI is InChI=1S/C17H31N3O3/c1-13(18-16(22)23-17(2,3)4)15(21)20-11-9-19(10-12-20)14-7-5-6-8-14/h13-14H,5-12H2,1-4H3,(H,18,22)/t13-/m1/s1. The number of alkyl carbamates (subject to hydrolysis) is 1. The Labute approximate surface area is 139 Å². The first-order valence-electron chi connectivity index (χ1n) is 8.78. The van der Waals surface area contributed by atoms with Gasteiger partial charge < -0.3 is 15.0 Å². The number of hydrogen-bond donors (Lipinski definition) is 1. The molecule has 2 aliphatic rings. The summed E-state index contributed by atoms with van der Waals surface area (Å²) < 4.78 is 5.20. The molecule has 6 heteroatoms. The number of amides is 2. The van der Waals surface area contributed by atoms with Crippen molar-refractivity contribution in [3.63, 3.8) is 0 Å². The van der Waals surface area contributed by atoms with Gasteiger partial charge >= 0.3 is 6.09 Å². The molecule has 0 unspecified atom stereocenters. The first-order valence-corrected chi connectivity index (χ1v) is 8.78. The number of carbonyl (C=O) groups excluding carboxylic acids is 2. The Kier molecular flexibility index (Phi) is 5.89. The van der Waals surface area contributed by atoms with Crippen molar-refractivity contribution in [3.8, 4) is 0 Å². The number of nitrogens with one attached hydrogen (secondary N) is 1. The summed E-state index contributed by atoms with van der Waals surface area (Å²) in [6.07, 6.45) is 4.72. The topological polar surface area (TPSA) is 61.9 Å². The van der Waals surface area contributed by atoms with Crippen LogP contribution in [0.3, 0.4) is 0 Å². The molecule has 6 nitrogen and oxygen atoms in total. The number of rotatable bonds is 3. The van der Waals surface area contributed by atoms with Crippen LogP contribution in [-0.4, -0.2) is 65.7 Å².